The van der Waals surface area contributed by atoms with E-state index in [1.54, 1.807) is 0 Å². The smallest absolute Gasteiger partial charge is 0.0489 e. The predicted molar refractivity (Wildman–Crippen MR) is 82.2 cm³/mol. The van der Waals surface area contributed by atoms with Gasteiger partial charge in [0.2, 0.25) is 0 Å². The van der Waals surface area contributed by atoms with E-state index in [9.17, 15) is 0 Å². The van der Waals surface area contributed by atoms with E-state index >= 15 is 0 Å². The van der Waals surface area contributed by atoms with Crippen LogP contribution >= 0.6 is 0 Å². The highest BCUT2D eigenvalue weighted by molar-refractivity contribution is 5.89. The third kappa shape index (κ3) is 2.32. The van der Waals surface area contributed by atoms with Gasteiger partial charge in [0.1, 0.15) is 0 Å². The van der Waals surface area contributed by atoms with Gasteiger partial charge in [-0.3, -0.25) is 0 Å². The van der Waals surface area contributed by atoms with Crippen molar-refractivity contribution in [2.45, 2.75) is 13.5 Å². The van der Waals surface area contributed by atoms with E-state index in [4.69, 9.17) is 0 Å². The molecule has 1 heteroatoms. The Morgan fingerprint density at radius 2 is 1.68 bits per heavy atom. The minimum Gasteiger partial charge on any atom is -0.342 e. The standard InChI is InChI=1S/C18H17N/c1-2-8-16-14-19(13-15-9-4-3-5-10-15)18-12-7-6-11-17(16)18/h2-12,14H,13H2,1H3. The zero-order valence-corrected chi connectivity index (χ0v) is 11.1. The molecule has 0 aliphatic heterocycles. The summed E-state index contributed by atoms with van der Waals surface area (Å²) < 4.78 is 2.32. The first kappa shape index (κ1) is 11.8. The number of allylic oxidation sites excluding steroid dienone is 1. The highest BCUT2D eigenvalue weighted by Gasteiger charge is 2.05. The lowest BCUT2D eigenvalue weighted by Gasteiger charge is -2.05. The largest absolute Gasteiger partial charge is 0.342 e. The molecule has 0 fully saturated rings. The van der Waals surface area contributed by atoms with Crippen molar-refractivity contribution in [3.05, 3.63) is 78.0 Å². The van der Waals surface area contributed by atoms with Gasteiger partial charge in [-0.15, -0.1) is 0 Å². The normalized spacial score (nSPS) is 11.4. The highest BCUT2D eigenvalue weighted by Crippen LogP contribution is 2.23. The molecule has 0 aliphatic carbocycles. The Morgan fingerprint density at radius 3 is 2.47 bits per heavy atom. The van der Waals surface area contributed by atoms with E-state index in [0.29, 0.717) is 0 Å². The predicted octanol–water partition coefficient (Wildman–Crippen LogP) is 4.72. The second-order valence-corrected chi connectivity index (χ2v) is 4.72. The van der Waals surface area contributed by atoms with Crippen LogP contribution in [0.4, 0.5) is 0 Å². The minimum atomic E-state index is 0.916. The van der Waals surface area contributed by atoms with Crippen molar-refractivity contribution < 1.29 is 0 Å². The van der Waals surface area contributed by atoms with Crippen LogP contribution in [0.15, 0.2) is 66.9 Å². The van der Waals surface area contributed by atoms with Crippen molar-refractivity contribution in [2.24, 2.45) is 0 Å². The second-order valence-electron chi connectivity index (χ2n) is 4.72. The summed E-state index contributed by atoms with van der Waals surface area (Å²) in [7, 11) is 0. The van der Waals surface area contributed by atoms with Crippen LogP contribution in [0.3, 0.4) is 0 Å². The highest BCUT2D eigenvalue weighted by atomic mass is 15.0. The van der Waals surface area contributed by atoms with E-state index < -0.39 is 0 Å². The Kier molecular flexibility index (Phi) is 3.20. The van der Waals surface area contributed by atoms with Gasteiger partial charge >= 0.3 is 0 Å². The SMILES string of the molecule is CC=Cc1cn(Cc2ccccc2)c2ccccc12. The number of aromatic nitrogens is 1. The molecule has 1 nitrogen and oxygen atoms in total. The maximum Gasteiger partial charge on any atom is 0.0489 e. The fourth-order valence-electron chi connectivity index (χ4n) is 2.50. The van der Waals surface area contributed by atoms with Crippen LogP contribution in [0.25, 0.3) is 17.0 Å². The molecule has 2 aromatic carbocycles. The number of nitrogens with zero attached hydrogens (tertiary/aromatic N) is 1. The van der Waals surface area contributed by atoms with Crippen LogP contribution in [-0.4, -0.2) is 4.57 Å². The van der Waals surface area contributed by atoms with E-state index in [2.05, 4.69) is 84.4 Å². The van der Waals surface area contributed by atoms with Crippen LogP contribution in [-0.2, 0) is 6.54 Å². The number of rotatable bonds is 3. The van der Waals surface area contributed by atoms with E-state index in [0.717, 1.165) is 6.54 Å². The van der Waals surface area contributed by atoms with Crippen LogP contribution < -0.4 is 0 Å². The first-order valence-corrected chi connectivity index (χ1v) is 6.63. The summed E-state index contributed by atoms with van der Waals surface area (Å²) in [5, 5.41) is 1.32. The van der Waals surface area contributed by atoms with Crippen LogP contribution in [0.5, 0.6) is 0 Å². The number of para-hydroxylation sites is 1. The van der Waals surface area contributed by atoms with E-state index in [1.807, 2.05) is 0 Å². The fourth-order valence-corrected chi connectivity index (χ4v) is 2.50. The molecule has 19 heavy (non-hydrogen) atoms. The molecule has 0 radical (unpaired) electrons. The van der Waals surface area contributed by atoms with Gasteiger partial charge in [-0.2, -0.15) is 0 Å². The lowest BCUT2D eigenvalue weighted by atomic mass is 10.1. The van der Waals surface area contributed by atoms with E-state index in [-0.39, 0.29) is 0 Å². The van der Waals surface area contributed by atoms with Gasteiger partial charge in [0.25, 0.3) is 0 Å². The summed E-state index contributed by atoms with van der Waals surface area (Å²) in [6.07, 6.45) is 6.50. The van der Waals surface area contributed by atoms with Crippen molar-refractivity contribution in [2.75, 3.05) is 0 Å². The van der Waals surface area contributed by atoms with E-state index in [1.165, 1.54) is 22.0 Å². The zero-order valence-electron chi connectivity index (χ0n) is 11.1. The molecule has 1 aromatic heterocycles. The fraction of sp³-hybridized carbons (Fsp3) is 0.111. The molecule has 0 N–H and O–H groups in total. The molecule has 3 rings (SSSR count). The Labute approximate surface area is 113 Å². The minimum absolute atomic E-state index is 0.916. The molecular formula is C18H17N. The lowest BCUT2D eigenvalue weighted by Crippen LogP contribution is -1.97. The molecule has 0 amide bonds. The van der Waals surface area contributed by atoms with Gasteiger partial charge < -0.3 is 4.57 Å². The average molecular weight is 247 g/mol. The van der Waals surface area contributed by atoms with Crippen molar-refractivity contribution in [3.8, 4) is 0 Å². The average Bonchev–Trinajstić information content (AvgIpc) is 2.79. The summed E-state index contributed by atoms with van der Waals surface area (Å²) in [5.74, 6) is 0. The van der Waals surface area contributed by atoms with Crippen LogP contribution in [0.2, 0.25) is 0 Å². The number of hydrogen-bond acceptors (Lipinski definition) is 0. The molecule has 0 bridgehead atoms. The zero-order chi connectivity index (χ0) is 13.1. The number of hydrogen-bond donors (Lipinski definition) is 0. The second kappa shape index (κ2) is 5.15. The maximum atomic E-state index is 2.32. The van der Waals surface area contributed by atoms with Gasteiger partial charge in [0.15, 0.2) is 0 Å². The molecule has 0 spiro atoms. The molecule has 0 saturated carbocycles. The maximum absolute atomic E-state index is 2.32. The van der Waals surface area contributed by atoms with Gasteiger partial charge in [-0.05, 0) is 24.1 Å². The van der Waals surface area contributed by atoms with Crippen LogP contribution in [0, 0.1) is 0 Å². The Balaban J connectivity index is 2.09. The molecule has 0 atom stereocenters. The Hall–Kier alpha value is -2.28. The Morgan fingerprint density at radius 1 is 0.947 bits per heavy atom. The van der Waals surface area contributed by atoms with Crippen molar-refractivity contribution in [1.82, 2.24) is 4.57 Å². The van der Waals surface area contributed by atoms with Gasteiger partial charge in [-0.25, -0.2) is 0 Å². The molecule has 3 aromatic rings. The molecular weight excluding hydrogens is 230 g/mol. The summed E-state index contributed by atoms with van der Waals surface area (Å²) in [6, 6.07) is 19.2. The number of fused-ring (bicyclic) bond motifs is 1. The van der Waals surface area contributed by atoms with Crippen LogP contribution in [0.1, 0.15) is 18.1 Å². The van der Waals surface area contributed by atoms with Gasteiger partial charge in [-0.1, -0.05) is 60.7 Å². The first-order chi connectivity index (χ1) is 9.38. The molecule has 0 unspecified atom stereocenters. The summed E-state index contributed by atoms with van der Waals surface area (Å²) in [4.78, 5) is 0. The van der Waals surface area contributed by atoms with Crippen molar-refractivity contribution >= 4 is 17.0 Å². The summed E-state index contributed by atoms with van der Waals surface area (Å²) >= 11 is 0. The first-order valence-electron chi connectivity index (χ1n) is 6.63. The monoisotopic (exact) mass is 247 g/mol. The lowest BCUT2D eigenvalue weighted by molar-refractivity contribution is 0.836. The molecule has 94 valence electrons. The molecule has 1 heterocycles. The third-order valence-electron chi connectivity index (χ3n) is 3.36. The third-order valence-corrected chi connectivity index (χ3v) is 3.36. The Bertz CT molecular complexity index is 705. The molecule has 0 saturated heterocycles. The van der Waals surface area contributed by atoms with Crippen molar-refractivity contribution in [3.63, 3.8) is 0 Å². The number of benzene rings is 2. The quantitative estimate of drug-likeness (QED) is 0.631. The molecule has 0 aliphatic rings. The summed E-state index contributed by atoms with van der Waals surface area (Å²) in [6.45, 7) is 2.97. The topological polar surface area (TPSA) is 4.93 Å². The van der Waals surface area contributed by atoms with Gasteiger partial charge in [0.05, 0.1) is 0 Å². The van der Waals surface area contributed by atoms with Gasteiger partial charge in [0, 0.05) is 23.6 Å². The van der Waals surface area contributed by atoms with Crippen molar-refractivity contribution in [1.29, 1.82) is 0 Å². The summed E-state index contributed by atoms with van der Waals surface area (Å²) in [5.41, 5.74) is 3.91.